The van der Waals surface area contributed by atoms with Crippen LogP contribution in [0.4, 0.5) is 0 Å². The quantitative estimate of drug-likeness (QED) is 0.380. The van der Waals surface area contributed by atoms with Gasteiger partial charge in [-0.2, -0.15) is 0 Å². The molecule has 2 atom stereocenters. The zero-order valence-corrected chi connectivity index (χ0v) is 6.65. The van der Waals surface area contributed by atoms with E-state index in [4.69, 9.17) is 16.6 Å². The summed E-state index contributed by atoms with van der Waals surface area (Å²) in [5.74, 6) is -2.24. The van der Waals surface area contributed by atoms with Crippen LogP contribution < -0.4 is 11.5 Å². The van der Waals surface area contributed by atoms with Gasteiger partial charge in [0.25, 0.3) is 0 Å². The van der Waals surface area contributed by atoms with Crippen LogP contribution in [0.15, 0.2) is 0 Å². The lowest BCUT2D eigenvalue weighted by molar-refractivity contribution is -0.152. The maximum Gasteiger partial charge on any atom is 0.323 e. The molecule has 0 aromatic rings. The highest BCUT2D eigenvalue weighted by atomic mass is 16.4. The molecule has 0 saturated carbocycles. The van der Waals surface area contributed by atoms with Crippen LogP contribution in [0.1, 0.15) is 6.92 Å². The highest BCUT2D eigenvalue weighted by molar-refractivity contribution is 5.94. The number of carboxylic acid groups (broad SMARTS) is 1. The zero-order valence-electron chi connectivity index (χ0n) is 6.65. The molecule has 0 aliphatic heterocycles. The van der Waals surface area contributed by atoms with Gasteiger partial charge in [-0.25, -0.2) is 0 Å². The lowest BCUT2D eigenvalue weighted by Crippen LogP contribution is -2.57. The van der Waals surface area contributed by atoms with Crippen LogP contribution in [-0.4, -0.2) is 40.2 Å². The van der Waals surface area contributed by atoms with Gasteiger partial charge in [0.05, 0.1) is 6.54 Å². The van der Waals surface area contributed by atoms with E-state index in [-0.39, 0.29) is 0 Å². The van der Waals surface area contributed by atoms with E-state index >= 15 is 0 Å². The number of carboxylic acids is 1. The van der Waals surface area contributed by atoms with E-state index in [0.29, 0.717) is 0 Å². The summed E-state index contributed by atoms with van der Waals surface area (Å²) in [5.41, 5.74) is 7.89. The molecule has 0 rings (SSSR count). The van der Waals surface area contributed by atoms with Crippen molar-refractivity contribution in [1.82, 2.24) is 0 Å². The predicted molar refractivity (Wildman–Crippen MR) is 40.3 cm³/mol. The number of ketones is 1. The Hall–Kier alpha value is -0.980. The molecule has 0 radical (unpaired) electrons. The van der Waals surface area contributed by atoms with Crippen molar-refractivity contribution in [1.29, 1.82) is 0 Å². The minimum absolute atomic E-state index is 0.437. The summed E-state index contributed by atoms with van der Waals surface area (Å²) in [7, 11) is 0. The molecule has 0 aliphatic rings. The van der Waals surface area contributed by atoms with E-state index in [9.17, 15) is 14.7 Å². The molecule has 6 N–H and O–H groups in total. The molecule has 12 heavy (non-hydrogen) atoms. The second-order valence-corrected chi connectivity index (χ2v) is 2.59. The van der Waals surface area contributed by atoms with Crippen molar-refractivity contribution in [3.8, 4) is 0 Å². The van der Waals surface area contributed by atoms with Gasteiger partial charge >= 0.3 is 5.97 Å². The SMILES string of the molecule is C[C@](O)(C(=O)CN)[C@H](N)C(=O)O. The summed E-state index contributed by atoms with van der Waals surface area (Å²) in [4.78, 5) is 21.1. The first-order valence-electron chi connectivity index (χ1n) is 3.28. The Morgan fingerprint density at radius 2 is 2.00 bits per heavy atom. The van der Waals surface area contributed by atoms with E-state index in [1.807, 2.05) is 0 Å². The van der Waals surface area contributed by atoms with Gasteiger partial charge in [-0.15, -0.1) is 0 Å². The fourth-order valence-corrected chi connectivity index (χ4v) is 0.621. The molecule has 0 aromatic heterocycles. The van der Waals surface area contributed by atoms with E-state index in [1.165, 1.54) is 0 Å². The van der Waals surface area contributed by atoms with Crippen molar-refractivity contribution in [3.05, 3.63) is 0 Å². The second kappa shape index (κ2) is 3.61. The van der Waals surface area contributed by atoms with Crippen LogP contribution in [0.25, 0.3) is 0 Å². The number of hydrogen-bond donors (Lipinski definition) is 4. The number of hydrogen-bond acceptors (Lipinski definition) is 5. The topological polar surface area (TPSA) is 127 Å². The normalized spacial score (nSPS) is 18.0. The first-order chi connectivity index (χ1) is 5.34. The lowest BCUT2D eigenvalue weighted by Gasteiger charge is -2.24. The van der Waals surface area contributed by atoms with Crippen molar-refractivity contribution in [2.24, 2.45) is 11.5 Å². The van der Waals surface area contributed by atoms with Gasteiger partial charge in [0.1, 0.15) is 11.6 Å². The highest BCUT2D eigenvalue weighted by Gasteiger charge is 2.40. The Kier molecular flexibility index (Phi) is 3.32. The van der Waals surface area contributed by atoms with Crippen LogP contribution >= 0.6 is 0 Å². The third-order valence-electron chi connectivity index (χ3n) is 1.62. The van der Waals surface area contributed by atoms with Crippen molar-refractivity contribution >= 4 is 11.8 Å². The Morgan fingerprint density at radius 1 is 1.58 bits per heavy atom. The van der Waals surface area contributed by atoms with Crippen LogP contribution in [0, 0.1) is 0 Å². The van der Waals surface area contributed by atoms with Crippen LogP contribution in [0.3, 0.4) is 0 Å². The largest absolute Gasteiger partial charge is 0.480 e. The van der Waals surface area contributed by atoms with E-state index in [1.54, 1.807) is 0 Å². The summed E-state index contributed by atoms with van der Waals surface area (Å²) < 4.78 is 0. The molecule has 0 bridgehead atoms. The number of nitrogens with two attached hydrogens (primary N) is 2. The Morgan fingerprint density at radius 3 is 2.25 bits per heavy atom. The van der Waals surface area contributed by atoms with Crippen molar-refractivity contribution < 1.29 is 19.8 Å². The fraction of sp³-hybridized carbons (Fsp3) is 0.667. The lowest BCUT2D eigenvalue weighted by atomic mass is 9.92. The number of carbonyl (C=O) groups excluding carboxylic acids is 1. The monoisotopic (exact) mass is 176 g/mol. The third kappa shape index (κ3) is 2.00. The van der Waals surface area contributed by atoms with Crippen molar-refractivity contribution in [2.45, 2.75) is 18.6 Å². The summed E-state index contributed by atoms with van der Waals surface area (Å²) in [6.45, 7) is 0.592. The summed E-state index contributed by atoms with van der Waals surface area (Å²) in [6.07, 6.45) is 0. The van der Waals surface area contributed by atoms with Gasteiger partial charge in [-0.3, -0.25) is 9.59 Å². The first kappa shape index (κ1) is 11.0. The average Bonchev–Trinajstić information content (AvgIpc) is 2.01. The van der Waals surface area contributed by atoms with Crippen molar-refractivity contribution in [2.75, 3.05) is 6.54 Å². The summed E-state index contributed by atoms with van der Waals surface area (Å²) >= 11 is 0. The highest BCUT2D eigenvalue weighted by Crippen LogP contribution is 2.08. The number of carbonyl (C=O) groups is 2. The molecule has 0 heterocycles. The molecule has 0 fully saturated rings. The smallest absolute Gasteiger partial charge is 0.323 e. The molecule has 0 unspecified atom stereocenters. The van der Waals surface area contributed by atoms with Gasteiger partial charge < -0.3 is 21.7 Å². The van der Waals surface area contributed by atoms with Crippen LogP contribution in [-0.2, 0) is 9.59 Å². The standard InChI is InChI=1S/C6H12N2O4/c1-6(12,3(9)2-7)4(8)5(10)11/h4,12H,2,7-8H2,1H3,(H,10,11)/t4-,6+/m1/s1. The summed E-state index contributed by atoms with van der Waals surface area (Å²) in [6, 6.07) is -1.64. The Labute approximate surface area is 69.2 Å². The number of Topliss-reactive ketones (excluding diaryl/α,β-unsaturated/α-hetero) is 1. The third-order valence-corrected chi connectivity index (χ3v) is 1.62. The van der Waals surface area contributed by atoms with Gasteiger partial charge in [0, 0.05) is 0 Å². The Balaban J connectivity index is 4.60. The second-order valence-electron chi connectivity index (χ2n) is 2.59. The first-order valence-corrected chi connectivity index (χ1v) is 3.28. The summed E-state index contributed by atoms with van der Waals surface area (Å²) in [5, 5.41) is 17.7. The minimum Gasteiger partial charge on any atom is -0.480 e. The average molecular weight is 176 g/mol. The van der Waals surface area contributed by atoms with Gasteiger partial charge in [-0.1, -0.05) is 0 Å². The van der Waals surface area contributed by atoms with Gasteiger partial charge in [-0.05, 0) is 6.92 Å². The molecule has 6 nitrogen and oxygen atoms in total. The zero-order chi connectivity index (χ0) is 9.94. The number of aliphatic carboxylic acids is 1. The van der Waals surface area contributed by atoms with E-state index in [0.717, 1.165) is 6.92 Å². The molecular weight excluding hydrogens is 164 g/mol. The molecule has 70 valence electrons. The molecule has 0 aliphatic carbocycles. The van der Waals surface area contributed by atoms with Gasteiger partial charge in [0.15, 0.2) is 5.78 Å². The molecule has 6 heteroatoms. The Bertz CT molecular complexity index is 202. The number of aliphatic hydroxyl groups is 1. The van der Waals surface area contributed by atoms with Crippen LogP contribution in [0.5, 0.6) is 0 Å². The van der Waals surface area contributed by atoms with Crippen LogP contribution in [0.2, 0.25) is 0 Å². The maximum atomic E-state index is 10.9. The number of rotatable bonds is 4. The molecule has 0 saturated heterocycles. The molecule has 0 aromatic carbocycles. The molecular formula is C6H12N2O4. The molecule has 0 amide bonds. The fourth-order valence-electron chi connectivity index (χ4n) is 0.621. The van der Waals surface area contributed by atoms with Gasteiger partial charge in [0.2, 0.25) is 0 Å². The predicted octanol–water partition coefficient (Wildman–Crippen LogP) is -2.32. The molecule has 0 spiro atoms. The van der Waals surface area contributed by atoms with E-state index < -0.39 is 29.9 Å². The minimum atomic E-state index is -2.10. The van der Waals surface area contributed by atoms with E-state index in [2.05, 4.69) is 0 Å². The van der Waals surface area contributed by atoms with Crippen molar-refractivity contribution in [3.63, 3.8) is 0 Å². The maximum absolute atomic E-state index is 10.9.